The lowest BCUT2D eigenvalue weighted by molar-refractivity contribution is 0.0252. The van der Waals surface area contributed by atoms with Crippen LogP contribution in [-0.2, 0) is 0 Å². The fourth-order valence-corrected chi connectivity index (χ4v) is 3.17. The molecule has 4 heteroatoms. The van der Waals surface area contributed by atoms with E-state index in [1.807, 2.05) is 37.1 Å². The SMILES string of the molecule is Cc1ccc(C(=O)N(C)CC2(N(C)C)CCC2)cc1Br. The third kappa shape index (κ3) is 2.91. The number of hydrogen-bond acceptors (Lipinski definition) is 2. The van der Waals surface area contributed by atoms with Crippen LogP contribution in [0.15, 0.2) is 22.7 Å². The lowest BCUT2D eigenvalue weighted by Gasteiger charge is -2.49. The molecule has 1 aliphatic rings. The van der Waals surface area contributed by atoms with Crippen LogP contribution in [0.2, 0.25) is 0 Å². The van der Waals surface area contributed by atoms with E-state index in [-0.39, 0.29) is 11.4 Å². The maximum Gasteiger partial charge on any atom is 0.253 e. The van der Waals surface area contributed by atoms with Gasteiger partial charge in [-0.05, 0) is 58.0 Å². The van der Waals surface area contributed by atoms with E-state index in [4.69, 9.17) is 0 Å². The molecule has 1 aliphatic carbocycles. The molecular formula is C16H23BrN2O. The minimum Gasteiger partial charge on any atom is -0.340 e. The highest BCUT2D eigenvalue weighted by Crippen LogP contribution is 2.36. The number of benzene rings is 1. The van der Waals surface area contributed by atoms with Crippen LogP contribution in [0, 0.1) is 6.92 Å². The number of carbonyl (C=O) groups is 1. The number of carbonyl (C=O) groups excluding carboxylic acids is 1. The number of hydrogen-bond donors (Lipinski definition) is 0. The first-order chi connectivity index (χ1) is 9.35. The quantitative estimate of drug-likeness (QED) is 0.840. The molecule has 0 N–H and O–H groups in total. The van der Waals surface area contributed by atoms with Gasteiger partial charge in [-0.25, -0.2) is 0 Å². The van der Waals surface area contributed by atoms with Gasteiger partial charge in [-0.2, -0.15) is 0 Å². The largest absolute Gasteiger partial charge is 0.340 e. The van der Waals surface area contributed by atoms with Crippen molar-refractivity contribution in [3.8, 4) is 0 Å². The normalized spacial score (nSPS) is 16.9. The zero-order valence-electron chi connectivity index (χ0n) is 12.7. The summed E-state index contributed by atoms with van der Waals surface area (Å²) in [5, 5.41) is 0. The van der Waals surface area contributed by atoms with Gasteiger partial charge < -0.3 is 9.80 Å². The lowest BCUT2D eigenvalue weighted by Crippen LogP contribution is -2.57. The highest BCUT2D eigenvalue weighted by atomic mass is 79.9. The maximum atomic E-state index is 12.5. The minimum absolute atomic E-state index is 0.0961. The van der Waals surface area contributed by atoms with Gasteiger partial charge in [0.2, 0.25) is 0 Å². The van der Waals surface area contributed by atoms with Crippen LogP contribution in [0.5, 0.6) is 0 Å². The fourth-order valence-electron chi connectivity index (χ4n) is 2.79. The Balaban J connectivity index is 2.10. The van der Waals surface area contributed by atoms with Gasteiger partial charge in [-0.15, -0.1) is 0 Å². The molecule has 0 bridgehead atoms. The van der Waals surface area contributed by atoms with E-state index < -0.39 is 0 Å². The average molecular weight is 339 g/mol. The Morgan fingerprint density at radius 2 is 1.95 bits per heavy atom. The van der Waals surface area contributed by atoms with E-state index in [0.717, 1.165) is 22.1 Å². The van der Waals surface area contributed by atoms with Crippen molar-refractivity contribution in [1.82, 2.24) is 9.80 Å². The van der Waals surface area contributed by atoms with Gasteiger partial charge in [0.1, 0.15) is 0 Å². The van der Waals surface area contributed by atoms with Crippen molar-refractivity contribution in [3.63, 3.8) is 0 Å². The van der Waals surface area contributed by atoms with E-state index in [2.05, 4.69) is 34.9 Å². The van der Waals surface area contributed by atoms with E-state index >= 15 is 0 Å². The van der Waals surface area contributed by atoms with Gasteiger partial charge in [-0.1, -0.05) is 22.0 Å². The summed E-state index contributed by atoms with van der Waals surface area (Å²) >= 11 is 3.49. The van der Waals surface area contributed by atoms with Gasteiger partial charge in [0.25, 0.3) is 5.91 Å². The van der Waals surface area contributed by atoms with E-state index in [1.165, 1.54) is 19.3 Å². The van der Waals surface area contributed by atoms with Crippen molar-refractivity contribution in [1.29, 1.82) is 0 Å². The van der Waals surface area contributed by atoms with Crippen LogP contribution in [0.25, 0.3) is 0 Å². The van der Waals surface area contributed by atoms with E-state index in [9.17, 15) is 4.79 Å². The topological polar surface area (TPSA) is 23.6 Å². The Hall–Kier alpha value is -0.870. The van der Waals surface area contributed by atoms with Gasteiger partial charge >= 0.3 is 0 Å². The number of nitrogens with zero attached hydrogens (tertiary/aromatic N) is 2. The first-order valence-corrected chi connectivity index (χ1v) is 7.84. The lowest BCUT2D eigenvalue weighted by atomic mass is 9.75. The third-order valence-corrected chi connectivity index (χ3v) is 5.38. The second-order valence-electron chi connectivity index (χ2n) is 6.10. The third-order valence-electron chi connectivity index (χ3n) is 4.53. The summed E-state index contributed by atoms with van der Waals surface area (Å²) in [4.78, 5) is 16.7. The Labute approximate surface area is 130 Å². The van der Waals surface area contributed by atoms with Crippen LogP contribution in [-0.4, -0.2) is 48.9 Å². The molecule has 1 aromatic rings. The molecule has 110 valence electrons. The second-order valence-corrected chi connectivity index (χ2v) is 6.95. The minimum atomic E-state index is 0.0961. The summed E-state index contributed by atoms with van der Waals surface area (Å²) in [6.07, 6.45) is 3.61. The molecule has 1 saturated carbocycles. The molecule has 0 heterocycles. The van der Waals surface area contributed by atoms with Crippen LogP contribution < -0.4 is 0 Å². The molecule has 1 amide bonds. The monoisotopic (exact) mass is 338 g/mol. The summed E-state index contributed by atoms with van der Waals surface area (Å²) in [7, 11) is 6.12. The van der Waals surface area contributed by atoms with E-state index in [1.54, 1.807) is 0 Å². The number of rotatable bonds is 4. The summed E-state index contributed by atoms with van der Waals surface area (Å²) in [5.41, 5.74) is 2.07. The highest BCUT2D eigenvalue weighted by molar-refractivity contribution is 9.10. The van der Waals surface area contributed by atoms with Crippen LogP contribution >= 0.6 is 15.9 Å². The van der Waals surface area contributed by atoms with Crippen molar-refractivity contribution in [3.05, 3.63) is 33.8 Å². The summed E-state index contributed by atoms with van der Waals surface area (Å²) in [6, 6.07) is 5.80. The average Bonchev–Trinajstić information content (AvgIpc) is 2.35. The van der Waals surface area contributed by atoms with Crippen LogP contribution in [0.4, 0.5) is 0 Å². The first-order valence-electron chi connectivity index (χ1n) is 7.05. The summed E-state index contributed by atoms with van der Waals surface area (Å²) < 4.78 is 0.989. The predicted octanol–water partition coefficient (Wildman–Crippen LogP) is 3.31. The van der Waals surface area contributed by atoms with Gasteiger partial charge in [0.05, 0.1) is 0 Å². The first kappa shape index (κ1) is 15.5. The van der Waals surface area contributed by atoms with E-state index in [0.29, 0.717) is 0 Å². The number of halogens is 1. The summed E-state index contributed by atoms with van der Waals surface area (Å²) in [6.45, 7) is 2.82. The molecule has 1 fully saturated rings. The Morgan fingerprint density at radius 3 is 2.40 bits per heavy atom. The number of amides is 1. The number of aryl methyl sites for hydroxylation is 1. The van der Waals surface area contributed by atoms with Crippen molar-refractivity contribution < 1.29 is 4.79 Å². The zero-order valence-corrected chi connectivity index (χ0v) is 14.3. The molecule has 0 unspecified atom stereocenters. The van der Waals surface area contributed by atoms with Crippen molar-refractivity contribution in [2.45, 2.75) is 31.7 Å². The molecule has 3 nitrogen and oxygen atoms in total. The molecule has 20 heavy (non-hydrogen) atoms. The smallest absolute Gasteiger partial charge is 0.253 e. The summed E-state index contributed by atoms with van der Waals surface area (Å²) in [5.74, 6) is 0.0961. The molecule has 0 radical (unpaired) electrons. The molecule has 0 spiro atoms. The van der Waals surface area contributed by atoms with Crippen LogP contribution in [0.3, 0.4) is 0 Å². The second kappa shape index (κ2) is 5.86. The Kier molecular flexibility index (Phi) is 4.55. The maximum absolute atomic E-state index is 12.5. The molecule has 0 saturated heterocycles. The highest BCUT2D eigenvalue weighted by Gasteiger charge is 2.40. The molecule has 0 aromatic heterocycles. The molecule has 2 rings (SSSR count). The fraction of sp³-hybridized carbons (Fsp3) is 0.562. The van der Waals surface area contributed by atoms with Gasteiger partial charge in [-0.3, -0.25) is 4.79 Å². The zero-order chi connectivity index (χ0) is 14.9. The molecule has 1 aromatic carbocycles. The molecule has 0 atom stereocenters. The van der Waals surface area contributed by atoms with Gasteiger partial charge in [0, 0.05) is 29.2 Å². The molecule has 0 aliphatic heterocycles. The van der Waals surface area contributed by atoms with Crippen molar-refractivity contribution in [2.75, 3.05) is 27.7 Å². The predicted molar refractivity (Wildman–Crippen MR) is 86.1 cm³/mol. The Morgan fingerprint density at radius 1 is 1.30 bits per heavy atom. The van der Waals surface area contributed by atoms with Crippen molar-refractivity contribution in [2.24, 2.45) is 0 Å². The van der Waals surface area contributed by atoms with Crippen molar-refractivity contribution >= 4 is 21.8 Å². The standard InChI is InChI=1S/C16H23BrN2O/c1-12-6-7-13(10-14(12)17)15(20)19(4)11-16(18(2)3)8-5-9-16/h6-7,10H,5,8-9,11H2,1-4H3. The number of likely N-dealkylation sites (N-methyl/N-ethyl adjacent to an activating group) is 2. The Bertz CT molecular complexity index is 509. The van der Waals surface area contributed by atoms with Gasteiger partial charge in [0.15, 0.2) is 0 Å². The van der Waals surface area contributed by atoms with Crippen LogP contribution in [0.1, 0.15) is 35.2 Å². The molecular weight excluding hydrogens is 316 g/mol.